The van der Waals surface area contributed by atoms with Crippen LogP contribution in [-0.4, -0.2) is 46.5 Å². The summed E-state index contributed by atoms with van der Waals surface area (Å²) in [7, 11) is 1.65. The van der Waals surface area contributed by atoms with E-state index in [2.05, 4.69) is 11.1 Å². The van der Waals surface area contributed by atoms with Gasteiger partial charge in [-0.15, -0.1) is 0 Å². The van der Waals surface area contributed by atoms with E-state index in [9.17, 15) is 9.59 Å². The highest BCUT2D eigenvalue weighted by Crippen LogP contribution is 2.31. The van der Waals surface area contributed by atoms with Gasteiger partial charge in [-0.05, 0) is 51.4 Å². The molecular formula is C36H35N3O4. The number of amides is 2. The Morgan fingerprint density at radius 3 is 2.37 bits per heavy atom. The maximum absolute atomic E-state index is 14.8. The number of aromatic amines is 1. The van der Waals surface area contributed by atoms with Crippen molar-refractivity contribution in [1.82, 2.24) is 14.8 Å². The average Bonchev–Trinajstić information content (AvgIpc) is 3.53. The lowest BCUT2D eigenvalue weighted by atomic mass is 9.92. The number of nitrogens with zero attached hydrogens (tertiary/aromatic N) is 2. The zero-order valence-electron chi connectivity index (χ0n) is 24.2. The number of carbonyl (C=O) groups is 2. The maximum atomic E-state index is 14.8. The standard InChI is InChI=1S/C36H35N3O4/c1-42-25-34(28-12-6-3-7-13-28)38(22-27-16-17-32-30(20-27)18-19-37-32)35(40)33-21-29-14-8-9-15-31(29)23-39(33)36(41)43-24-26-10-4-2-5-11-26/h2-20,33-34,37H,21-25H2,1H3/t33-,34-/m0/s1. The molecule has 0 saturated carbocycles. The molecule has 5 aromatic rings. The SMILES string of the molecule is COC[C@@H](c1ccccc1)N(Cc1ccc2[nH]ccc2c1)C(=O)[C@@H]1Cc2ccccc2CN1C(=O)OCc1ccccc1. The Labute approximate surface area is 251 Å². The number of ether oxygens (including phenoxy) is 2. The number of carbonyl (C=O) groups excluding carboxylic acids is 2. The van der Waals surface area contributed by atoms with Gasteiger partial charge in [0.15, 0.2) is 0 Å². The lowest BCUT2D eigenvalue weighted by molar-refractivity contribution is -0.141. The number of nitrogens with one attached hydrogen (secondary N) is 1. The molecule has 2 amide bonds. The molecule has 6 rings (SSSR count). The van der Waals surface area contributed by atoms with E-state index in [1.165, 1.54) is 0 Å². The number of H-pyrrole nitrogens is 1. The zero-order chi connectivity index (χ0) is 29.6. The van der Waals surface area contributed by atoms with Gasteiger partial charge in [0.05, 0.1) is 19.2 Å². The quantitative estimate of drug-likeness (QED) is 0.214. The second-order valence-corrected chi connectivity index (χ2v) is 10.9. The van der Waals surface area contributed by atoms with E-state index in [0.717, 1.165) is 38.7 Å². The molecule has 2 heterocycles. The highest BCUT2D eigenvalue weighted by Gasteiger charge is 2.40. The van der Waals surface area contributed by atoms with Gasteiger partial charge in [-0.2, -0.15) is 0 Å². The Balaban J connectivity index is 1.36. The Bertz CT molecular complexity index is 1680. The van der Waals surface area contributed by atoms with Crippen molar-refractivity contribution in [3.05, 3.63) is 143 Å². The molecule has 0 spiro atoms. The molecule has 0 aliphatic carbocycles. The molecule has 218 valence electrons. The number of hydrogen-bond donors (Lipinski definition) is 1. The fourth-order valence-electron chi connectivity index (χ4n) is 5.87. The molecule has 0 unspecified atom stereocenters. The first-order valence-electron chi connectivity index (χ1n) is 14.5. The minimum absolute atomic E-state index is 0.134. The van der Waals surface area contributed by atoms with Crippen molar-refractivity contribution >= 4 is 22.9 Å². The molecule has 1 aliphatic rings. The first kappa shape index (κ1) is 28.2. The number of rotatable bonds is 9. The van der Waals surface area contributed by atoms with Gasteiger partial charge in [0, 0.05) is 31.8 Å². The van der Waals surface area contributed by atoms with Gasteiger partial charge < -0.3 is 19.4 Å². The number of methoxy groups -OCH3 is 1. The van der Waals surface area contributed by atoms with Crippen LogP contribution in [0.5, 0.6) is 0 Å². The molecule has 43 heavy (non-hydrogen) atoms. The Kier molecular flexibility index (Phi) is 8.52. The van der Waals surface area contributed by atoms with Crippen LogP contribution in [-0.2, 0) is 40.4 Å². The molecule has 1 aliphatic heterocycles. The highest BCUT2D eigenvalue weighted by molar-refractivity contribution is 5.87. The second kappa shape index (κ2) is 13.0. The van der Waals surface area contributed by atoms with E-state index in [4.69, 9.17) is 9.47 Å². The molecule has 0 fully saturated rings. The van der Waals surface area contributed by atoms with Crippen molar-refractivity contribution in [2.45, 2.75) is 38.2 Å². The van der Waals surface area contributed by atoms with Crippen LogP contribution in [0.1, 0.15) is 33.9 Å². The highest BCUT2D eigenvalue weighted by atomic mass is 16.6. The van der Waals surface area contributed by atoms with E-state index in [-0.39, 0.29) is 18.6 Å². The molecule has 0 bridgehead atoms. The van der Waals surface area contributed by atoms with Crippen LogP contribution in [0.25, 0.3) is 10.9 Å². The summed E-state index contributed by atoms with van der Waals surface area (Å²) >= 11 is 0. The molecule has 7 heteroatoms. The van der Waals surface area contributed by atoms with Crippen LogP contribution in [0, 0.1) is 0 Å². The maximum Gasteiger partial charge on any atom is 0.411 e. The molecule has 0 radical (unpaired) electrons. The summed E-state index contributed by atoms with van der Waals surface area (Å²) in [4.78, 5) is 35.2. The van der Waals surface area contributed by atoms with Crippen LogP contribution >= 0.6 is 0 Å². The topological polar surface area (TPSA) is 74.9 Å². The first-order chi connectivity index (χ1) is 21.1. The minimum Gasteiger partial charge on any atom is -0.445 e. The van der Waals surface area contributed by atoms with Crippen molar-refractivity contribution in [2.75, 3.05) is 13.7 Å². The third kappa shape index (κ3) is 6.32. The van der Waals surface area contributed by atoms with E-state index in [0.29, 0.717) is 26.1 Å². The zero-order valence-corrected chi connectivity index (χ0v) is 24.2. The lowest BCUT2D eigenvalue weighted by Crippen LogP contribution is -2.54. The predicted molar refractivity (Wildman–Crippen MR) is 166 cm³/mol. The van der Waals surface area contributed by atoms with Gasteiger partial charge >= 0.3 is 6.09 Å². The number of benzene rings is 4. The van der Waals surface area contributed by atoms with Crippen LogP contribution in [0.15, 0.2) is 115 Å². The summed E-state index contributed by atoms with van der Waals surface area (Å²) in [6.45, 7) is 1.09. The van der Waals surface area contributed by atoms with Gasteiger partial charge in [-0.25, -0.2) is 4.79 Å². The van der Waals surface area contributed by atoms with Crippen LogP contribution in [0.3, 0.4) is 0 Å². The average molecular weight is 574 g/mol. The summed E-state index contributed by atoms with van der Waals surface area (Å²) in [5, 5.41) is 1.07. The Morgan fingerprint density at radius 1 is 0.884 bits per heavy atom. The van der Waals surface area contributed by atoms with Gasteiger partial charge in [0.2, 0.25) is 5.91 Å². The van der Waals surface area contributed by atoms with E-state index in [1.54, 1.807) is 12.0 Å². The number of hydrogen-bond acceptors (Lipinski definition) is 4. The summed E-state index contributed by atoms with van der Waals surface area (Å²) in [6, 6.07) is 34.6. The minimum atomic E-state index is -0.739. The molecule has 1 N–H and O–H groups in total. The van der Waals surface area contributed by atoms with Crippen molar-refractivity contribution in [1.29, 1.82) is 0 Å². The largest absolute Gasteiger partial charge is 0.445 e. The summed E-state index contributed by atoms with van der Waals surface area (Å²) < 4.78 is 11.5. The monoisotopic (exact) mass is 573 g/mol. The van der Waals surface area contributed by atoms with Gasteiger partial charge in [0.1, 0.15) is 12.6 Å². The van der Waals surface area contributed by atoms with Crippen LogP contribution in [0.4, 0.5) is 4.79 Å². The molecule has 7 nitrogen and oxygen atoms in total. The lowest BCUT2D eigenvalue weighted by Gasteiger charge is -2.40. The molecule has 1 aromatic heterocycles. The van der Waals surface area contributed by atoms with Gasteiger partial charge in [-0.3, -0.25) is 9.69 Å². The first-order valence-corrected chi connectivity index (χ1v) is 14.5. The van der Waals surface area contributed by atoms with Gasteiger partial charge in [0.25, 0.3) is 0 Å². The van der Waals surface area contributed by atoms with Crippen LogP contribution < -0.4 is 0 Å². The number of fused-ring (bicyclic) bond motifs is 2. The van der Waals surface area contributed by atoms with Gasteiger partial charge in [-0.1, -0.05) is 91.0 Å². The fraction of sp³-hybridized carbons (Fsp3) is 0.222. The Hall–Kier alpha value is -4.88. The summed E-state index contributed by atoms with van der Waals surface area (Å²) in [5.74, 6) is -0.147. The molecular weight excluding hydrogens is 538 g/mol. The summed E-state index contributed by atoms with van der Waals surface area (Å²) in [5.41, 5.74) is 5.96. The van der Waals surface area contributed by atoms with Crippen LogP contribution in [0.2, 0.25) is 0 Å². The summed E-state index contributed by atoms with van der Waals surface area (Å²) in [6.07, 6.45) is 1.80. The smallest absolute Gasteiger partial charge is 0.411 e. The Morgan fingerprint density at radius 2 is 1.60 bits per heavy atom. The van der Waals surface area contributed by atoms with Crippen molar-refractivity contribution in [3.8, 4) is 0 Å². The predicted octanol–water partition coefficient (Wildman–Crippen LogP) is 6.65. The van der Waals surface area contributed by atoms with Crippen molar-refractivity contribution in [3.63, 3.8) is 0 Å². The van der Waals surface area contributed by atoms with Crippen molar-refractivity contribution < 1.29 is 19.1 Å². The van der Waals surface area contributed by atoms with E-state index in [1.807, 2.05) is 114 Å². The molecule has 2 atom stereocenters. The normalized spacial score (nSPS) is 15.1. The van der Waals surface area contributed by atoms with Crippen molar-refractivity contribution in [2.24, 2.45) is 0 Å². The third-order valence-corrected chi connectivity index (χ3v) is 8.11. The van der Waals surface area contributed by atoms with E-state index < -0.39 is 12.1 Å². The third-order valence-electron chi connectivity index (χ3n) is 8.11. The molecule has 4 aromatic carbocycles. The fourth-order valence-corrected chi connectivity index (χ4v) is 5.87. The molecule has 0 saturated heterocycles. The van der Waals surface area contributed by atoms with E-state index >= 15 is 0 Å². The number of aromatic nitrogens is 1. The second-order valence-electron chi connectivity index (χ2n) is 10.9.